The second-order valence-corrected chi connectivity index (χ2v) is 8.33. The minimum absolute atomic E-state index is 0.140. The van der Waals surface area contributed by atoms with E-state index in [1.807, 2.05) is 0 Å². The second kappa shape index (κ2) is 5.88. The molecule has 0 aromatic carbocycles. The normalized spacial score (nSPS) is 35.6. The summed E-state index contributed by atoms with van der Waals surface area (Å²) in [5.41, 5.74) is 6.28. The van der Waals surface area contributed by atoms with Crippen molar-refractivity contribution in [2.75, 3.05) is 19.5 Å². The number of nitrogens with two attached hydrogens (primary N) is 1. The SMILES string of the molecule is CS(=O)(=O)C1CCCC(C(N)CC2CCOC2)C1. The molecule has 0 spiro atoms. The molecule has 2 aliphatic rings. The third-order valence-corrected chi connectivity index (χ3v) is 6.15. The summed E-state index contributed by atoms with van der Waals surface area (Å²) in [5.74, 6) is 0.956. The summed E-state index contributed by atoms with van der Waals surface area (Å²) in [6, 6.07) is 0.140. The van der Waals surface area contributed by atoms with Crippen LogP contribution in [0.2, 0.25) is 0 Å². The Bertz CT molecular complexity index is 362. The van der Waals surface area contributed by atoms with E-state index in [1.165, 1.54) is 6.26 Å². The zero-order valence-corrected chi connectivity index (χ0v) is 12.0. The van der Waals surface area contributed by atoms with Gasteiger partial charge in [-0.1, -0.05) is 6.42 Å². The van der Waals surface area contributed by atoms with E-state index in [0.29, 0.717) is 11.8 Å². The number of rotatable bonds is 4. The van der Waals surface area contributed by atoms with Crippen molar-refractivity contribution >= 4 is 9.84 Å². The molecule has 2 fully saturated rings. The maximum atomic E-state index is 11.6. The standard InChI is InChI=1S/C13H25NO3S/c1-18(15,16)12-4-2-3-11(8-12)13(14)7-10-5-6-17-9-10/h10-13H,2-9,14H2,1H3. The summed E-state index contributed by atoms with van der Waals surface area (Å²) < 4.78 is 28.6. The van der Waals surface area contributed by atoms with Gasteiger partial charge in [0.15, 0.2) is 0 Å². The molecule has 1 aliphatic heterocycles. The molecule has 106 valence electrons. The second-order valence-electron chi connectivity index (χ2n) is 6.01. The first-order chi connectivity index (χ1) is 8.47. The van der Waals surface area contributed by atoms with Crippen molar-refractivity contribution in [1.82, 2.24) is 0 Å². The van der Waals surface area contributed by atoms with Crippen molar-refractivity contribution in [3.05, 3.63) is 0 Å². The molecule has 18 heavy (non-hydrogen) atoms. The van der Waals surface area contributed by atoms with E-state index in [4.69, 9.17) is 10.5 Å². The summed E-state index contributed by atoms with van der Waals surface area (Å²) in [6.45, 7) is 1.68. The number of hydrogen-bond donors (Lipinski definition) is 1. The molecule has 0 aromatic rings. The lowest BCUT2D eigenvalue weighted by Crippen LogP contribution is -2.38. The van der Waals surface area contributed by atoms with Crippen molar-refractivity contribution in [2.45, 2.75) is 49.8 Å². The van der Waals surface area contributed by atoms with Crippen molar-refractivity contribution in [3.8, 4) is 0 Å². The van der Waals surface area contributed by atoms with Gasteiger partial charge in [-0.2, -0.15) is 0 Å². The van der Waals surface area contributed by atoms with Gasteiger partial charge in [0.2, 0.25) is 0 Å². The molecule has 0 bridgehead atoms. The van der Waals surface area contributed by atoms with E-state index in [9.17, 15) is 8.42 Å². The monoisotopic (exact) mass is 275 g/mol. The molecule has 1 aliphatic carbocycles. The lowest BCUT2D eigenvalue weighted by Gasteiger charge is -2.32. The van der Waals surface area contributed by atoms with Crippen LogP contribution < -0.4 is 5.73 Å². The minimum Gasteiger partial charge on any atom is -0.381 e. The van der Waals surface area contributed by atoms with Gasteiger partial charge in [-0.25, -0.2) is 8.42 Å². The fourth-order valence-corrected chi connectivity index (χ4v) is 4.50. The molecule has 2 N–H and O–H groups in total. The molecule has 0 radical (unpaired) electrons. The number of ether oxygens (including phenoxy) is 1. The largest absolute Gasteiger partial charge is 0.381 e. The Kier molecular flexibility index (Phi) is 4.67. The quantitative estimate of drug-likeness (QED) is 0.840. The van der Waals surface area contributed by atoms with Gasteiger partial charge in [-0.05, 0) is 43.9 Å². The van der Waals surface area contributed by atoms with Gasteiger partial charge in [0, 0.05) is 25.5 Å². The number of hydrogen-bond acceptors (Lipinski definition) is 4. The van der Waals surface area contributed by atoms with Gasteiger partial charge in [-0.15, -0.1) is 0 Å². The van der Waals surface area contributed by atoms with Gasteiger partial charge < -0.3 is 10.5 Å². The predicted octanol–water partition coefficient (Wildman–Crippen LogP) is 1.34. The van der Waals surface area contributed by atoms with Crippen LogP contribution in [-0.2, 0) is 14.6 Å². The highest BCUT2D eigenvalue weighted by Gasteiger charge is 2.33. The Morgan fingerprint density at radius 2 is 2.11 bits per heavy atom. The molecule has 1 saturated carbocycles. The Morgan fingerprint density at radius 1 is 1.33 bits per heavy atom. The van der Waals surface area contributed by atoms with Gasteiger partial charge in [0.1, 0.15) is 9.84 Å². The zero-order chi connectivity index (χ0) is 13.2. The molecule has 0 aromatic heterocycles. The molecular formula is C13H25NO3S. The molecule has 1 heterocycles. The highest BCUT2D eigenvalue weighted by Crippen LogP contribution is 2.32. The topological polar surface area (TPSA) is 69.4 Å². The Balaban J connectivity index is 1.87. The highest BCUT2D eigenvalue weighted by atomic mass is 32.2. The molecule has 0 amide bonds. The van der Waals surface area contributed by atoms with Gasteiger partial charge in [-0.3, -0.25) is 0 Å². The first kappa shape index (κ1) is 14.3. The Morgan fingerprint density at radius 3 is 2.72 bits per heavy atom. The summed E-state index contributed by atoms with van der Waals surface area (Å²) in [7, 11) is -2.90. The third kappa shape index (κ3) is 3.68. The summed E-state index contributed by atoms with van der Waals surface area (Å²) in [5, 5.41) is -0.165. The molecule has 1 saturated heterocycles. The Hall–Kier alpha value is -0.130. The van der Waals surface area contributed by atoms with Crippen LogP contribution in [0.15, 0.2) is 0 Å². The third-order valence-electron chi connectivity index (χ3n) is 4.51. The molecule has 4 atom stereocenters. The van der Waals surface area contributed by atoms with Crippen molar-refractivity contribution in [3.63, 3.8) is 0 Å². The van der Waals surface area contributed by atoms with Gasteiger partial charge in [0.25, 0.3) is 0 Å². The van der Waals surface area contributed by atoms with Crippen LogP contribution in [0.4, 0.5) is 0 Å². The summed E-state index contributed by atoms with van der Waals surface area (Å²) in [4.78, 5) is 0. The zero-order valence-electron chi connectivity index (χ0n) is 11.2. The van der Waals surface area contributed by atoms with E-state index in [2.05, 4.69) is 0 Å². The van der Waals surface area contributed by atoms with Crippen LogP contribution in [-0.4, -0.2) is 39.2 Å². The van der Waals surface area contributed by atoms with Gasteiger partial charge >= 0.3 is 0 Å². The summed E-state index contributed by atoms with van der Waals surface area (Å²) in [6.07, 6.45) is 7.10. The van der Waals surface area contributed by atoms with E-state index in [1.54, 1.807) is 0 Å². The lowest BCUT2D eigenvalue weighted by atomic mass is 9.80. The maximum Gasteiger partial charge on any atom is 0.150 e. The molecule has 4 unspecified atom stereocenters. The molecule has 4 nitrogen and oxygen atoms in total. The lowest BCUT2D eigenvalue weighted by molar-refractivity contribution is 0.177. The summed E-state index contributed by atoms with van der Waals surface area (Å²) >= 11 is 0. The fraction of sp³-hybridized carbons (Fsp3) is 1.00. The first-order valence-electron chi connectivity index (χ1n) is 6.99. The number of sulfone groups is 1. The van der Waals surface area contributed by atoms with Crippen molar-refractivity contribution < 1.29 is 13.2 Å². The van der Waals surface area contributed by atoms with Crippen LogP contribution in [0.25, 0.3) is 0 Å². The van der Waals surface area contributed by atoms with E-state index >= 15 is 0 Å². The molecule has 5 heteroatoms. The predicted molar refractivity (Wildman–Crippen MR) is 72.1 cm³/mol. The first-order valence-corrected chi connectivity index (χ1v) is 8.94. The van der Waals surface area contributed by atoms with E-state index in [-0.39, 0.29) is 11.3 Å². The maximum absolute atomic E-state index is 11.6. The van der Waals surface area contributed by atoms with E-state index in [0.717, 1.165) is 51.7 Å². The van der Waals surface area contributed by atoms with Crippen molar-refractivity contribution in [1.29, 1.82) is 0 Å². The fourth-order valence-electron chi connectivity index (χ4n) is 3.31. The van der Waals surface area contributed by atoms with Gasteiger partial charge in [0.05, 0.1) is 5.25 Å². The van der Waals surface area contributed by atoms with Crippen LogP contribution in [0.1, 0.15) is 38.5 Å². The highest BCUT2D eigenvalue weighted by molar-refractivity contribution is 7.91. The van der Waals surface area contributed by atoms with Crippen LogP contribution >= 0.6 is 0 Å². The Labute approximate surface area is 110 Å². The molecular weight excluding hydrogens is 250 g/mol. The smallest absolute Gasteiger partial charge is 0.150 e. The average Bonchev–Trinajstić information content (AvgIpc) is 2.81. The minimum atomic E-state index is -2.90. The van der Waals surface area contributed by atoms with Crippen molar-refractivity contribution in [2.24, 2.45) is 17.6 Å². The average molecular weight is 275 g/mol. The van der Waals surface area contributed by atoms with Crippen LogP contribution in [0.3, 0.4) is 0 Å². The van der Waals surface area contributed by atoms with Crippen LogP contribution in [0.5, 0.6) is 0 Å². The van der Waals surface area contributed by atoms with Crippen LogP contribution in [0, 0.1) is 11.8 Å². The van der Waals surface area contributed by atoms with E-state index < -0.39 is 9.84 Å². The molecule has 2 rings (SSSR count).